The van der Waals surface area contributed by atoms with E-state index in [1.54, 1.807) is 0 Å². The smallest absolute Gasteiger partial charge is 0.0491 e. The number of fused-ring (bicyclic) bond motifs is 3. The second kappa shape index (κ2) is 3.36. The Kier molecular flexibility index (Phi) is 2.14. The first-order valence-corrected chi connectivity index (χ1v) is 6.32. The minimum Gasteiger partial charge on any atom is -0.357 e. The molecule has 0 atom stereocenters. The van der Waals surface area contributed by atoms with Gasteiger partial charge in [-0.15, -0.1) is 0 Å². The summed E-state index contributed by atoms with van der Waals surface area (Å²) >= 11 is 0. The lowest BCUT2D eigenvalue weighted by Gasteiger charge is -2.31. The molecule has 0 fully saturated rings. The SMILES string of the molecule is Cc1ccc2c3c([nH]c2c1C)CNC(C)(C)C3. The number of hydrogen-bond acceptors (Lipinski definition) is 1. The number of H-pyrrole nitrogens is 1. The molecule has 0 spiro atoms. The summed E-state index contributed by atoms with van der Waals surface area (Å²) in [5, 5.41) is 4.99. The molecule has 1 aliphatic rings. The Morgan fingerprint density at radius 3 is 2.71 bits per heavy atom. The molecule has 0 amide bonds. The standard InChI is InChI=1S/C15H20N2/c1-9-5-6-11-12-7-15(3,4)16-8-13(12)17-14(11)10(9)2/h5-6,16-17H,7-8H2,1-4H3. The molecule has 17 heavy (non-hydrogen) atoms. The summed E-state index contributed by atoms with van der Waals surface area (Å²) in [5.41, 5.74) is 7.16. The van der Waals surface area contributed by atoms with Crippen LogP contribution in [-0.2, 0) is 13.0 Å². The van der Waals surface area contributed by atoms with E-state index in [4.69, 9.17) is 0 Å². The fourth-order valence-corrected chi connectivity index (χ4v) is 2.80. The van der Waals surface area contributed by atoms with E-state index in [0.29, 0.717) is 0 Å². The molecule has 1 aromatic carbocycles. The molecule has 3 rings (SSSR count). The van der Waals surface area contributed by atoms with Crippen LogP contribution in [0.15, 0.2) is 12.1 Å². The molecule has 0 saturated heterocycles. The first kappa shape index (κ1) is 10.8. The van der Waals surface area contributed by atoms with Crippen LogP contribution in [0.2, 0.25) is 0 Å². The molecule has 1 aliphatic heterocycles. The lowest BCUT2D eigenvalue weighted by atomic mass is 9.89. The number of aryl methyl sites for hydroxylation is 2. The van der Waals surface area contributed by atoms with Crippen molar-refractivity contribution < 1.29 is 0 Å². The highest BCUT2D eigenvalue weighted by atomic mass is 15.0. The summed E-state index contributed by atoms with van der Waals surface area (Å²) < 4.78 is 0. The zero-order valence-electron chi connectivity index (χ0n) is 11.1. The largest absolute Gasteiger partial charge is 0.357 e. The molecule has 2 heterocycles. The van der Waals surface area contributed by atoms with Gasteiger partial charge in [-0.05, 0) is 50.8 Å². The van der Waals surface area contributed by atoms with Crippen LogP contribution >= 0.6 is 0 Å². The van der Waals surface area contributed by atoms with Crippen LogP contribution in [0.1, 0.15) is 36.2 Å². The van der Waals surface area contributed by atoms with E-state index < -0.39 is 0 Å². The third-order valence-electron chi connectivity index (χ3n) is 4.06. The van der Waals surface area contributed by atoms with E-state index in [1.807, 2.05) is 0 Å². The number of benzene rings is 1. The summed E-state index contributed by atoms with van der Waals surface area (Å²) in [4.78, 5) is 3.60. The molecule has 2 aromatic rings. The van der Waals surface area contributed by atoms with Crippen molar-refractivity contribution in [1.29, 1.82) is 0 Å². The number of nitrogens with one attached hydrogen (secondary N) is 2. The highest BCUT2D eigenvalue weighted by Gasteiger charge is 2.27. The van der Waals surface area contributed by atoms with E-state index >= 15 is 0 Å². The van der Waals surface area contributed by atoms with E-state index in [1.165, 1.54) is 33.3 Å². The molecular formula is C15H20N2. The number of hydrogen-bond donors (Lipinski definition) is 2. The maximum atomic E-state index is 3.60. The Morgan fingerprint density at radius 1 is 1.18 bits per heavy atom. The minimum absolute atomic E-state index is 0.209. The van der Waals surface area contributed by atoms with Gasteiger partial charge in [-0.25, -0.2) is 0 Å². The van der Waals surface area contributed by atoms with Crippen LogP contribution in [0.5, 0.6) is 0 Å². The Bertz CT molecular complexity index is 590. The van der Waals surface area contributed by atoms with Crippen LogP contribution in [0.3, 0.4) is 0 Å². The van der Waals surface area contributed by atoms with Crippen LogP contribution in [-0.4, -0.2) is 10.5 Å². The summed E-state index contributed by atoms with van der Waals surface area (Å²) in [6, 6.07) is 4.51. The zero-order chi connectivity index (χ0) is 12.2. The second-order valence-corrected chi connectivity index (χ2v) is 5.93. The van der Waals surface area contributed by atoms with Gasteiger partial charge in [0.15, 0.2) is 0 Å². The van der Waals surface area contributed by atoms with Gasteiger partial charge in [0, 0.05) is 28.7 Å². The molecule has 2 heteroatoms. The van der Waals surface area contributed by atoms with Gasteiger partial charge < -0.3 is 10.3 Å². The molecule has 0 unspecified atom stereocenters. The Labute approximate surface area is 102 Å². The van der Waals surface area contributed by atoms with Crippen molar-refractivity contribution in [1.82, 2.24) is 10.3 Å². The van der Waals surface area contributed by atoms with Gasteiger partial charge in [0.1, 0.15) is 0 Å². The second-order valence-electron chi connectivity index (χ2n) is 5.93. The van der Waals surface area contributed by atoms with Crippen molar-refractivity contribution >= 4 is 10.9 Å². The molecule has 2 N–H and O–H groups in total. The van der Waals surface area contributed by atoms with Gasteiger partial charge >= 0.3 is 0 Å². The summed E-state index contributed by atoms with van der Waals surface area (Å²) in [7, 11) is 0. The van der Waals surface area contributed by atoms with Crippen LogP contribution in [0.25, 0.3) is 10.9 Å². The number of aromatic amines is 1. The van der Waals surface area contributed by atoms with E-state index in [-0.39, 0.29) is 5.54 Å². The monoisotopic (exact) mass is 228 g/mol. The van der Waals surface area contributed by atoms with Crippen LogP contribution in [0, 0.1) is 13.8 Å². The summed E-state index contributed by atoms with van der Waals surface area (Å²) in [5.74, 6) is 0. The highest BCUT2D eigenvalue weighted by Crippen LogP contribution is 2.32. The highest BCUT2D eigenvalue weighted by molar-refractivity contribution is 5.88. The summed E-state index contributed by atoms with van der Waals surface area (Å²) in [6.45, 7) is 9.89. The maximum Gasteiger partial charge on any atom is 0.0491 e. The van der Waals surface area contributed by atoms with Crippen molar-refractivity contribution in [2.75, 3.05) is 0 Å². The topological polar surface area (TPSA) is 27.8 Å². The third kappa shape index (κ3) is 1.59. The molecule has 0 radical (unpaired) electrons. The molecular weight excluding hydrogens is 208 g/mol. The van der Waals surface area contributed by atoms with Crippen molar-refractivity contribution in [3.05, 3.63) is 34.5 Å². The Hall–Kier alpha value is -1.28. The quantitative estimate of drug-likeness (QED) is 0.712. The molecule has 0 bridgehead atoms. The maximum absolute atomic E-state index is 3.60. The van der Waals surface area contributed by atoms with Gasteiger partial charge in [-0.2, -0.15) is 0 Å². The Morgan fingerprint density at radius 2 is 1.94 bits per heavy atom. The Balaban J connectivity index is 2.27. The molecule has 0 saturated carbocycles. The van der Waals surface area contributed by atoms with Crippen LogP contribution < -0.4 is 5.32 Å². The fourth-order valence-electron chi connectivity index (χ4n) is 2.80. The average Bonchev–Trinajstić information content (AvgIpc) is 2.61. The number of aromatic nitrogens is 1. The average molecular weight is 228 g/mol. The molecule has 0 aliphatic carbocycles. The minimum atomic E-state index is 0.209. The molecule has 1 aromatic heterocycles. The lowest BCUT2D eigenvalue weighted by Crippen LogP contribution is -2.44. The zero-order valence-corrected chi connectivity index (χ0v) is 11.1. The third-order valence-corrected chi connectivity index (χ3v) is 4.06. The van der Waals surface area contributed by atoms with Crippen molar-refractivity contribution in [2.45, 2.75) is 46.2 Å². The summed E-state index contributed by atoms with van der Waals surface area (Å²) in [6.07, 6.45) is 1.10. The molecule has 90 valence electrons. The van der Waals surface area contributed by atoms with E-state index in [9.17, 15) is 0 Å². The van der Waals surface area contributed by atoms with Crippen molar-refractivity contribution in [3.63, 3.8) is 0 Å². The van der Waals surface area contributed by atoms with Gasteiger partial charge in [-0.1, -0.05) is 12.1 Å². The van der Waals surface area contributed by atoms with Crippen molar-refractivity contribution in [3.8, 4) is 0 Å². The van der Waals surface area contributed by atoms with Crippen LogP contribution in [0.4, 0.5) is 0 Å². The fraction of sp³-hybridized carbons (Fsp3) is 0.467. The number of rotatable bonds is 0. The first-order valence-electron chi connectivity index (χ1n) is 6.32. The van der Waals surface area contributed by atoms with Crippen molar-refractivity contribution in [2.24, 2.45) is 0 Å². The molecule has 2 nitrogen and oxygen atoms in total. The normalized spacial score (nSPS) is 18.4. The predicted molar refractivity (Wildman–Crippen MR) is 72.4 cm³/mol. The van der Waals surface area contributed by atoms with Gasteiger partial charge in [0.05, 0.1) is 0 Å². The first-order chi connectivity index (χ1) is 7.98. The van der Waals surface area contributed by atoms with Gasteiger partial charge in [0.25, 0.3) is 0 Å². The van der Waals surface area contributed by atoms with Gasteiger partial charge in [0.2, 0.25) is 0 Å². The van der Waals surface area contributed by atoms with E-state index in [2.05, 4.69) is 50.1 Å². The lowest BCUT2D eigenvalue weighted by molar-refractivity contribution is 0.361. The van der Waals surface area contributed by atoms with E-state index in [0.717, 1.165) is 13.0 Å². The predicted octanol–water partition coefficient (Wildman–Crippen LogP) is 3.21. The van der Waals surface area contributed by atoms with Gasteiger partial charge in [-0.3, -0.25) is 0 Å².